The molecule has 0 aromatic heterocycles. The number of hydrogen-bond acceptors (Lipinski definition) is 7. The first-order valence-electron chi connectivity index (χ1n) is 11.4. The summed E-state index contributed by atoms with van der Waals surface area (Å²) in [5.41, 5.74) is 1.99. The van der Waals surface area contributed by atoms with Gasteiger partial charge in [-0.25, -0.2) is 4.79 Å². The van der Waals surface area contributed by atoms with E-state index in [2.05, 4.69) is 5.32 Å². The molecule has 9 heteroatoms. The molecule has 1 N–H and O–H groups in total. The van der Waals surface area contributed by atoms with Crippen molar-refractivity contribution < 1.29 is 23.9 Å². The molecule has 2 amide bonds. The van der Waals surface area contributed by atoms with Gasteiger partial charge in [0, 0.05) is 18.7 Å². The number of unbranched alkanes of at least 4 members (excludes halogenated alkanes) is 2. The maximum atomic E-state index is 12.8. The van der Waals surface area contributed by atoms with E-state index in [0.29, 0.717) is 34.4 Å². The van der Waals surface area contributed by atoms with Gasteiger partial charge < -0.3 is 14.8 Å². The summed E-state index contributed by atoms with van der Waals surface area (Å²) in [6.07, 6.45) is 4.46. The number of carbonyl (C=O) groups excluding carboxylic acids is 3. The van der Waals surface area contributed by atoms with Crippen molar-refractivity contribution in [2.75, 3.05) is 25.6 Å². The van der Waals surface area contributed by atoms with Crippen molar-refractivity contribution in [2.45, 2.75) is 32.6 Å². The molecule has 0 unspecified atom stereocenters. The molecule has 0 spiro atoms. The molecule has 184 valence electrons. The number of thiocarbonyl (C=S) groups is 1. The highest BCUT2D eigenvalue weighted by atomic mass is 32.2. The predicted octanol–water partition coefficient (Wildman–Crippen LogP) is 5.27. The summed E-state index contributed by atoms with van der Waals surface area (Å²) in [5.74, 6) is 0.204. The van der Waals surface area contributed by atoms with Crippen molar-refractivity contribution in [3.8, 4) is 5.75 Å². The van der Waals surface area contributed by atoms with E-state index in [4.69, 9.17) is 21.7 Å². The first kappa shape index (κ1) is 26.4. The van der Waals surface area contributed by atoms with Crippen LogP contribution in [0.1, 0.15) is 48.5 Å². The molecule has 0 aliphatic carbocycles. The molecule has 1 saturated heterocycles. The van der Waals surface area contributed by atoms with Gasteiger partial charge in [-0.05, 0) is 67.8 Å². The quantitative estimate of drug-likeness (QED) is 0.190. The van der Waals surface area contributed by atoms with Crippen molar-refractivity contribution in [3.63, 3.8) is 0 Å². The molecular formula is C26H28N2O5S2. The fraction of sp³-hybridized carbons (Fsp3) is 0.308. The zero-order valence-corrected chi connectivity index (χ0v) is 21.4. The highest BCUT2D eigenvalue weighted by Gasteiger charge is 2.31. The topological polar surface area (TPSA) is 84.9 Å². The third kappa shape index (κ3) is 7.66. The van der Waals surface area contributed by atoms with Crippen molar-refractivity contribution in [2.24, 2.45) is 0 Å². The molecule has 0 atom stereocenters. The highest BCUT2D eigenvalue weighted by molar-refractivity contribution is 8.26. The molecule has 2 aromatic carbocycles. The Bertz CT molecular complexity index is 1100. The Morgan fingerprint density at radius 3 is 2.43 bits per heavy atom. The summed E-state index contributed by atoms with van der Waals surface area (Å²) < 4.78 is 10.6. The molecule has 1 heterocycles. The number of thioether (sulfide) groups is 1. The van der Waals surface area contributed by atoms with E-state index in [1.807, 2.05) is 31.2 Å². The molecule has 1 aliphatic heterocycles. The Morgan fingerprint density at radius 2 is 1.77 bits per heavy atom. The second-order valence-corrected chi connectivity index (χ2v) is 9.44. The van der Waals surface area contributed by atoms with E-state index in [-0.39, 0.29) is 11.8 Å². The van der Waals surface area contributed by atoms with Crippen LogP contribution in [-0.2, 0) is 14.3 Å². The van der Waals surface area contributed by atoms with Gasteiger partial charge in [-0.1, -0.05) is 42.5 Å². The predicted molar refractivity (Wildman–Crippen MR) is 142 cm³/mol. The molecule has 0 saturated carbocycles. The van der Waals surface area contributed by atoms with E-state index < -0.39 is 5.97 Å². The summed E-state index contributed by atoms with van der Waals surface area (Å²) in [4.78, 5) is 38.7. The van der Waals surface area contributed by atoms with Crippen LogP contribution in [0.5, 0.6) is 5.75 Å². The van der Waals surface area contributed by atoms with Crippen molar-refractivity contribution in [1.29, 1.82) is 0 Å². The molecule has 0 radical (unpaired) electrons. The molecule has 0 bridgehead atoms. The van der Waals surface area contributed by atoms with Crippen LogP contribution in [-0.4, -0.2) is 47.3 Å². The lowest BCUT2D eigenvalue weighted by Gasteiger charge is -2.14. The lowest BCUT2D eigenvalue weighted by atomic mass is 10.1. The van der Waals surface area contributed by atoms with Crippen LogP contribution >= 0.6 is 24.0 Å². The number of nitrogens with zero attached hydrogens (tertiary/aromatic N) is 1. The number of nitrogens with one attached hydrogen (secondary N) is 1. The van der Waals surface area contributed by atoms with Crippen LogP contribution in [0.25, 0.3) is 6.08 Å². The van der Waals surface area contributed by atoms with Crippen LogP contribution in [0, 0.1) is 0 Å². The van der Waals surface area contributed by atoms with Gasteiger partial charge in [0.2, 0.25) is 5.91 Å². The number of carbonyl (C=O) groups is 3. The smallest absolute Gasteiger partial charge is 0.337 e. The Labute approximate surface area is 214 Å². The number of hydrogen-bond donors (Lipinski definition) is 1. The number of rotatable bonds is 11. The molecule has 1 fully saturated rings. The number of amides is 2. The van der Waals surface area contributed by atoms with Gasteiger partial charge in [-0.3, -0.25) is 14.5 Å². The molecule has 2 aromatic rings. The summed E-state index contributed by atoms with van der Waals surface area (Å²) in [6, 6.07) is 14.1. The zero-order chi connectivity index (χ0) is 25.2. The van der Waals surface area contributed by atoms with Gasteiger partial charge in [0.25, 0.3) is 5.91 Å². The van der Waals surface area contributed by atoms with E-state index in [1.54, 1.807) is 35.2 Å². The average Bonchev–Trinajstić information content (AvgIpc) is 3.12. The van der Waals surface area contributed by atoms with Gasteiger partial charge in [0.15, 0.2) is 0 Å². The van der Waals surface area contributed by atoms with E-state index in [1.165, 1.54) is 18.9 Å². The highest BCUT2D eigenvalue weighted by Crippen LogP contribution is 2.32. The maximum Gasteiger partial charge on any atom is 0.337 e. The van der Waals surface area contributed by atoms with E-state index in [9.17, 15) is 14.4 Å². The van der Waals surface area contributed by atoms with Gasteiger partial charge >= 0.3 is 5.97 Å². The summed E-state index contributed by atoms with van der Waals surface area (Å²) in [5, 5.41) is 2.88. The summed E-state index contributed by atoms with van der Waals surface area (Å²) in [6.45, 7) is 3.04. The minimum atomic E-state index is -0.406. The minimum Gasteiger partial charge on any atom is -0.494 e. The fourth-order valence-corrected chi connectivity index (χ4v) is 4.74. The summed E-state index contributed by atoms with van der Waals surface area (Å²) >= 11 is 6.66. The normalized spacial score (nSPS) is 14.3. The van der Waals surface area contributed by atoms with Gasteiger partial charge in [-0.15, -0.1) is 0 Å². The SMILES string of the molecule is CCOc1ccc(NC(=O)CCCCCN2C(=O)/C(=C/c3ccc(C(=O)OC)cc3)SC2=S)cc1. The third-order valence-electron chi connectivity index (χ3n) is 5.24. The monoisotopic (exact) mass is 512 g/mol. The minimum absolute atomic E-state index is 0.0408. The molecule has 35 heavy (non-hydrogen) atoms. The van der Waals surface area contributed by atoms with E-state index >= 15 is 0 Å². The number of ether oxygens (including phenoxy) is 2. The first-order valence-corrected chi connectivity index (χ1v) is 12.6. The Morgan fingerprint density at radius 1 is 1.06 bits per heavy atom. The van der Waals surface area contributed by atoms with Crippen molar-refractivity contribution in [3.05, 3.63) is 64.6 Å². The van der Waals surface area contributed by atoms with Gasteiger partial charge in [0.1, 0.15) is 10.1 Å². The standard InChI is InChI=1S/C26H28N2O5S2/c1-3-33-21-14-12-20(13-15-21)27-23(29)7-5-4-6-16-28-24(30)22(35-26(28)34)17-18-8-10-19(11-9-18)25(31)32-2/h8-15,17H,3-7,16H2,1-2H3,(H,27,29)/b22-17-. The first-order chi connectivity index (χ1) is 16.9. The van der Waals surface area contributed by atoms with Crippen LogP contribution < -0.4 is 10.1 Å². The fourth-order valence-electron chi connectivity index (χ4n) is 3.43. The Hall–Kier alpha value is -3.17. The Balaban J connectivity index is 1.41. The number of esters is 1. The van der Waals surface area contributed by atoms with Crippen LogP contribution in [0.2, 0.25) is 0 Å². The number of anilines is 1. The third-order valence-corrected chi connectivity index (χ3v) is 6.62. The van der Waals surface area contributed by atoms with Crippen molar-refractivity contribution >= 4 is 57.8 Å². The van der Waals surface area contributed by atoms with Gasteiger partial charge in [0.05, 0.1) is 24.2 Å². The molecule has 3 rings (SSSR count). The second kappa shape index (κ2) is 13.1. The lowest BCUT2D eigenvalue weighted by molar-refractivity contribution is -0.122. The Kier molecular flexibility index (Phi) is 9.86. The van der Waals surface area contributed by atoms with Crippen LogP contribution in [0.4, 0.5) is 5.69 Å². The number of benzene rings is 2. The average molecular weight is 513 g/mol. The van der Waals surface area contributed by atoms with Crippen LogP contribution in [0.15, 0.2) is 53.4 Å². The largest absolute Gasteiger partial charge is 0.494 e. The number of methoxy groups -OCH3 is 1. The van der Waals surface area contributed by atoms with Crippen molar-refractivity contribution in [1.82, 2.24) is 4.90 Å². The summed E-state index contributed by atoms with van der Waals surface area (Å²) in [7, 11) is 1.33. The van der Waals surface area contributed by atoms with Crippen LogP contribution in [0.3, 0.4) is 0 Å². The molecule has 1 aliphatic rings. The molecular weight excluding hydrogens is 484 g/mol. The zero-order valence-electron chi connectivity index (χ0n) is 19.7. The lowest BCUT2D eigenvalue weighted by Crippen LogP contribution is -2.29. The maximum absolute atomic E-state index is 12.8. The second-order valence-electron chi connectivity index (χ2n) is 7.76. The van der Waals surface area contributed by atoms with E-state index in [0.717, 1.165) is 36.3 Å². The molecule has 7 nitrogen and oxygen atoms in total. The van der Waals surface area contributed by atoms with Gasteiger partial charge in [-0.2, -0.15) is 0 Å².